The van der Waals surface area contributed by atoms with E-state index in [1.807, 2.05) is 13.8 Å². The molecule has 2 rings (SSSR count). The molecule has 0 aliphatic rings. The number of rotatable bonds is 4. The zero-order chi connectivity index (χ0) is 15.6. The van der Waals surface area contributed by atoms with Gasteiger partial charge < -0.3 is 9.84 Å². The molecule has 0 aliphatic carbocycles. The second-order valence-corrected chi connectivity index (χ2v) is 5.35. The lowest BCUT2D eigenvalue weighted by molar-refractivity contribution is -0.206. The summed E-state index contributed by atoms with van der Waals surface area (Å²) >= 11 is 0. The van der Waals surface area contributed by atoms with Gasteiger partial charge in [0.1, 0.15) is 5.75 Å². The van der Waals surface area contributed by atoms with Gasteiger partial charge in [-0.1, -0.05) is 44.2 Å². The maximum atomic E-state index is 12.7. The Balaban J connectivity index is 2.49. The van der Waals surface area contributed by atoms with Crippen LogP contribution in [0.3, 0.4) is 0 Å². The molecule has 0 amide bonds. The topological polar surface area (TPSA) is 29.5 Å². The molecule has 114 valence electrons. The van der Waals surface area contributed by atoms with Crippen LogP contribution in [0.5, 0.6) is 5.75 Å². The normalized spacial score (nSPS) is 13.7. The van der Waals surface area contributed by atoms with Gasteiger partial charge in [0.25, 0.3) is 0 Å². The van der Waals surface area contributed by atoms with Gasteiger partial charge in [-0.05, 0) is 22.9 Å². The highest BCUT2D eigenvalue weighted by molar-refractivity contribution is 5.91. The van der Waals surface area contributed by atoms with Gasteiger partial charge in [0.15, 0.2) is 6.10 Å². The van der Waals surface area contributed by atoms with Crippen LogP contribution in [0.2, 0.25) is 0 Å². The lowest BCUT2D eigenvalue weighted by atomic mass is 9.99. The number of fused-ring (bicyclic) bond motifs is 1. The highest BCUT2D eigenvalue weighted by Crippen LogP contribution is 2.38. The Bertz CT molecular complexity index is 620. The van der Waals surface area contributed by atoms with Crippen molar-refractivity contribution in [2.24, 2.45) is 5.92 Å². The second kappa shape index (κ2) is 5.93. The second-order valence-electron chi connectivity index (χ2n) is 5.35. The Morgan fingerprint density at radius 2 is 1.67 bits per heavy atom. The number of alkyl halides is 3. The predicted molar refractivity (Wildman–Crippen MR) is 75.3 cm³/mol. The molecular formula is C16H17F3O2. The van der Waals surface area contributed by atoms with Crippen molar-refractivity contribution >= 4 is 10.8 Å². The molecular weight excluding hydrogens is 281 g/mol. The number of aliphatic hydroxyl groups is 1. The van der Waals surface area contributed by atoms with Crippen molar-refractivity contribution < 1.29 is 23.0 Å². The first-order valence-electron chi connectivity index (χ1n) is 6.70. The molecule has 5 heteroatoms. The van der Waals surface area contributed by atoms with Crippen LogP contribution in [0.4, 0.5) is 13.2 Å². The molecule has 0 saturated carbocycles. The highest BCUT2D eigenvalue weighted by Gasteiger charge is 2.40. The first-order chi connectivity index (χ1) is 9.80. The molecule has 1 N–H and O–H groups in total. The van der Waals surface area contributed by atoms with Gasteiger partial charge >= 0.3 is 6.18 Å². The van der Waals surface area contributed by atoms with Crippen LogP contribution in [0.15, 0.2) is 36.4 Å². The molecule has 21 heavy (non-hydrogen) atoms. The minimum Gasteiger partial charge on any atom is -0.493 e. The maximum absolute atomic E-state index is 12.7. The number of hydrogen-bond acceptors (Lipinski definition) is 2. The largest absolute Gasteiger partial charge is 0.493 e. The van der Waals surface area contributed by atoms with Crippen molar-refractivity contribution in [3.05, 3.63) is 42.0 Å². The molecule has 0 fully saturated rings. The van der Waals surface area contributed by atoms with E-state index in [2.05, 4.69) is 0 Å². The molecule has 0 heterocycles. The first kappa shape index (κ1) is 15.6. The van der Waals surface area contributed by atoms with Crippen LogP contribution in [0.25, 0.3) is 10.8 Å². The van der Waals surface area contributed by atoms with E-state index >= 15 is 0 Å². The average Bonchev–Trinajstić information content (AvgIpc) is 2.42. The Morgan fingerprint density at radius 1 is 1.05 bits per heavy atom. The molecule has 1 atom stereocenters. The molecule has 0 saturated heterocycles. The summed E-state index contributed by atoms with van der Waals surface area (Å²) in [7, 11) is 0. The van der Waals surface area contributed by atoms with Gasteiger partial charge in [-0.2, -0.15) is 13.2 Å². The number of benzene rings is 2. The summed E-state index contributed by atoms with van der Waals surface area (Å²) in [6.07, 6.45) is -7.19. The minimum atomic E-state index is -4.69. The Kier molecular flexibility index (Phi) is 4.42. The van der Waals surface area contributed by atoms with Gasteiger partial charge in [0.05, 0.1) is 6.61 Å². The third-order valence-corrected chi connectivity index (χ3v) is 3.09. The standard InChI is InChI=1S/C16H17F3O2/c1-10(2)9-21-14-8-4-5-11-12(14)6-3-7-13(11)15(20)16(17,18)19/h3-8,10,15,20H,9H2,1-2H3. The molecule has 2 aromatic rings. The summed E-state index contributed by atoms with van der Waals surface area (Å²) in [6.45, 7) is 4.46. The van der Waals surface area contributed by atoms with Crippen LogP contribution in [0, 0.1) is 5.92 Å². The first-order valence-corrected chi connectivity index (χ1v) is 6.70. The molecule has 0 radical (unpaired) electrons. The smallest absolute Gasteiger partial charge is 0.418 e. The minimum absolute atomic E-state index is 0.157. The number of ether oxygens (including phenoxy) is 1. The van der Waals surface area contributed by atoms with Crippen molar-refractivity contribution in [3.8, 4) is 5.75 Å². The molecule has 2 nitrogen and oxygen atoms in total. The molecule has 0 spiro atoms. The van der Waals surface area contributed by atoms with Gasteiger partial charge in [-0.25, -0.2) is 0 Å². The van der Waals surface area contributed by atoms with E-state index < -0.39 is 12.3 Å². The van der Waals surface area contributed by atoms with E-state index in [1.165, 1.54) is 12.1 Å². The zero-order valence-corrected chi connectivity index (χ0v) is 11.8. The average molecular weight is 298 g/mol. The van der Waals surface area contributed by atoms with E-state index in [0.29, 0.717) is 29.0 Å². The number of halogens is 3. The third-order valence-electron chi connectivity index (χ3n) is 3.09. The van der Waals surface area contributed by atoms with Gasteiger partial charge in [-0.15, -0.1) is 0 Å². The molecule has 0 aromatic heterocycles. The number of aliphatic hydroxyl groups excluding tert-OH is 1. The van der Waals surface area contributed by atoms with E-state index in [-0.39, 0.29) is 5.56 Å². The fourth-order valence-electron chi connectivity index (χ4n) is 2.10. The fraction of sp³-hybridized carbons (Fsp3) is 0.375. The molecule has 2 aromatic carbocycles. The Labute approximate surface area is 121 Å². The number of hydrogen-bond donors (Lipinski definition) is 1. The Morgan fingerprint density at radius 3 is 2.29 bits per heavy atom. The summed E-state index contributed by atoms with van der Waals surface area (Å²) in [5, 5.41) is 10.4. The van der Waals surface area contributed by atoms with Crippen LogP contribution < -0.4 is 4.74 Å². The molecule has 0 aliphatic heterocycles. The van der Waals surface area contributed by atoms with Gasteiger partial charge in [-0.3, -0.25) is 0 Å². The summed E-state index contributed by atoms with van der Waals surface area (Å²) in [5.41, 5.74) is -0.157. The van der Waals surface area contributed by atoms with Crippen molar-refractivity contribution in [1.29, 1.82) is 0 Å². The summed E-state index contributed by atoms with van der Waals surface area (Å²) in [4.78, 5) is 0. The van der Waals surface area contributed by atoms with E-state index in [1.54, 1.807) is 24.3 Å². The van der Waals surface area contributed by atoms with E-state index in [4.69, 9.17) is 4.74 Å². The van der Waals surface area contributed by atoms with Crippen LogP contribution >= 0.6 is 0 Å². The lowest BCUT2D eigenvalue weighted by Crippen LogP contribution is -2.20. The maximum Gasteiger partial charge on any atom is 0.418 e. The predicted octanol–water partition coefficient (Wildman–Crippen LogP) is 4.47. The van der Waals surface area contributed by atoms with Crippen molar-refractivity contribution in [2.45, 2.75) is 26.1 Å². The fourth-order valence-corrected chi connectivity index (χ4v) is 2.10. The van der Waals surface area contributed by atoms with Crippen LogP contribution in [0.1, 0.15) is 25.5 Å². The van der Waals surface area contributed by atoms with Crippen molar-refractivity contribution in [2.75, 3.05) is 6.61 Å². The van der Waals surface area contributed by atoms with Crippen molar-refractivity contribution in [3.63, 3.8) is 0 Å². The van der Waals surface area contributed by atoms with E-state index in [9.17, 15) is 18.3 Å². The zero-order valence-electron chi connectivity index (χ0n) is 11.8. The van der Waals surface area contributed by atoms with Crippen molar-refractivity contribution in [1.82, 2.24) is 0 Å². The monoisotopic (exact) mass is 298 g/mol. The highest BCUT2D eigenvalue weighted by atomic mass is 19.4. The molecule has 0 bridgehead atoms. The quantitative estimate of drug-likeness (QED) is 0.902. The van der Waals surface area contributed by atoms with Crippen LogP contribution in [-0.4, -0.2) is 17.9 Å². The SMILES string of the molecule is CC(C)COc1cccc2c(C(O)C(F)(F)F)cccc12. The third kappa shape index (κ3) is 3.47. The Hall–Kier alpha value is -1.75. The molecule has 1 unspecified atom stereocenters. The van der Waals surface area contributed by atoms with E-state index in [0.717, 1.165) is 0 Å². The lowest BCUT2D eigenvalue weighted by Gasteiger charge is -2.18. The summed E-state index contributed by atoms with van der Waals surface area (Å²) < 4.78 is 43.8. The van der Waals surface area contributed by atoms with Crippen LogP contribution in [-0.2, 0) is 0 Å². The van der Waals surface area contributed by atoms with Gasteiger partial charge in [0, 0.05) is 5.39 Å². The summed E-state index contributed by atoms with van der Waals surface area (Å²) in [6, 6.07) is 9.38. The van der Waals surface area contributed by atoms with Gasteiger partial charge in [0.2, 0.25) is 0 Å². The summed E-state index contributed by atoms with van der Waals surface area (Å²) in [5.74, 6) is 0.835.